The molecule has 0 radical (unpaired) electrons. The number of hydrogen-bond donors (Lipinski definition) is 1. The van der Waals surface area contributed by atoms with Crippen molar-refractivity contribution in [1.29, 1.82) is 0 Å². The van der Waals surface area contributed by atoms with Gasteiger partial charge in [0.2, 0.25) is 0 Å². The number of carbonyl (C=O) groups is 1. The van der Waals surface area contributed by atoms with Crippen LogP contribution >= 0.6 is 11.3 Å². The maximum absolute atomic E-state index is 11.9. The van der Waals surface area contributed by atoms with Gasteiger partial charge in [-0.1, -0.05) is 6.07 Å². The molecule has 1 aromatic heterocycles. The van der Waals surface area contributed by atoms with E-state index in [1.54, 1.807) is 23.5 Å². The van der Waals surface area contributed by atoms with Crippen molar-refractivity contribution in [1.82, 2.24) is 0 Å². The van der Waals surface area contributed by atoms with Gasteiger partial charge >= 0.3 is 0 Å². The molecule has 0 saturated heterocycles. The number of rotatable bonds is 3. The maximum atomic E-state index is 11.9. The third-order valence-corrected chi connectivity index (χ3v) is 3.38. The Morgan fingerprint density at radius 1 is 1.38 bits per heavy atom. The first-order valence-corrected chi connectivity index (χ1v) is 5.96. The summed E-state index contributed by atoms with van der Waals surface area (Å²) < 4.78 is 0. The molecule has 2 nitrogen and oxygen atoms in total. The Bertz CT molecular complexity index is 503. The second-order valence-electron chi connectivity index (χ2n) is 3.75. The zero-order valence-corrected chi connectivity index (χ0v) is 9.88. The van der Waals surface area contributed by atoms with Crippen LogP contribution in [0.15, 0.2) is 35.7 Å². The van der Waals surface area contributed by atoms with Gasteiger partial charge in [0.05, 0.1) is 0 Å². The zero-order valence-electron chi connectivity index (χ0n) is 9.07. The SMILES string of the molecule is Cc1cc(C(=O)Cc2cccs2)ccc1N. The molecule has 0 amide bonds. The molecule has 2 aromatic rings. The molecule has 0 bridgehead atoms. The lowest BCUT2D eigenvalue weighted by Gasteiger charge is -2.03. The zero-order chi connectivity index (χ0) is 11.5. The van der Waals surface area contributed by atoms with Gasteiger partial charge in [0.25, 0.3) is 0 Å². The van der Waals surface area contributed by atoms with Crippen LogP contribution in [0.3, 0.4) is 0 Å². The molecular formula is C13H13NOS. The van der Waals surface area contributed by atoms with Gasteiger partial charge in [-0.2, -0.15) is 0 Å². The van der Waals surface area contributed by atoms with Crippen LogP contribution in [0.5, 0.6) is 0 Å². The van der Waals surface area contributed by atoms with Gasteiger partial charge in [0, 0.05) is 22.5 Å². The number of benzene rings is 1. The van der Waals surface area contributed by atoms with Crippen LogP contribution in [0.4, 0.5) is 5.69 Å². The van der Waals surface area contributed by atoms with Crippen molar-refractivity contribution in [3.63, 3.8) is 0 Å². The molecule has 16 heavy (non-hydrogen) atoms. The fraction of sp³-hybridized carbons (Fsp3) is 0.154. The van der Waals surface area contributed by atoms with E-state index in [-0.39, 0.29) is 5.78 Å². The Hall–Kier alpha value is -1.61. The van der Waals surface area contributed by atoms with Gasteiger partial charge in [-0.25, -0.2) is 0 Å². The number of thiophene rings is 1. The summed E-state index contributed by atoms with van der Waals surface area (Å²) in [6.45, 7) is 1.91. The van der Waals surface area contributed by atoms with E-state index in [4.69, 9.17) is 5.73 Å². The molecule has 1 aromatic carbocycles. The molecule has 1 heterocycles. The highest BCUT2D eigenvalue weighted by atomic mass is 32.1. The molecular weight excluding hydrogens is 218 g/mol. The maximum Gasteiger partial charge on any atom is 0.168 e. The summed E-state index contributed by atoms with van der Waals surface area (Å²) in [5, 5.41) is 1.98. The average molecular weight is 231 g/mol. The molecule has 0 atom stereocenters. The Morgan fingerprint density at radius 2 is 2.19 bits per heavy atom. The summed E-state index contributed by atoms with van der Waals surface area (Å²) in [7, 11) is 0. The molecule has 0 aliphatic heterocycles. The van der Waals surface area contributed by atoms with E-state index in [0.717, 1.165) is 21.7 Å². The molecule has 2 rings (SSSR count). The van der Waals surface area contributed by atoms with Crippen LogP contribution in [-0.2, 0) is 6.42 Å². The fourth-order valence-electron chi connectivity index (χ4n) is 1.52. The second kappa shape index (κ2) is 4.49. The molecule has 2 N–H and O–H groups in total. The summed E-state index contributed by atoms with van der Waals surface area (Å²) in [5.74, 6) is 0.144. The van der Waals surface area contributed by atoms with E-state index in [1.165, 1.54) is 0 Å². The van der Waals surface area contributed by atoms with E-state index in [2.05, 4.69) is 0 Å². The van der Waals surface area contributed by atoms with Crippen LogP contribution in [0.25, 0.3) is 0 Å². The lowest BCUT2D eigenvalue weighted by Crippen LogP contribution is -2.03. The highest BCUT2D eigenvalue weighted by molar-refractivity contribution is 7.10. The highest BCUT2D eigenvalue weighted by Crippen LogP contribution is 2.16. The summed E-state index contributed by atoms with van der Waals surface area (Å²) in [4.78, 5) is 13.0. The topological polar surface area (TPSA) is 43.1 Å². The number of anilines is 1. The normalized spacial score (nSPS) is 10.3. The van der Waals surface area contributed by atoms with Crippen LogP contribution < -0.4 is 5.73 Å². The molecule has 0 unspecified atom stereocenters. The van der Waals surface area contributed by atoms with E-state index in [0.29, 0.717) is 6.42 Å². The van der Waals surface area contributed by atoms with Gasteiger partial charge in [-0.05, 0) is 42.1 Å². The Kier molecular flexibility index (Phi) is 3.06. The van der Waals surface area contributed by atoms with Crippen molar-refractivity contribution in [2.45, 2.75) is 13.3 Å². The highest BCUT2D eigenvalue weighted by Gasteiger charge is 2.08. The van der Waals surface area contributed by atoms with E-state index >= 15 is 0 Å². The average Bonchev–Trinajstić information content (AvgIpc) is 2.74. The first kappa shape index (κ1) is 10.9. The van der Waals surface area contributed by atoms with Crippen LogP contribution in [0.1, 0.15) is 20.8 Å². The molecule has 82 valence electrons. The summed E-state index contributed by atoms with van der Waals surface area (Å²) in [6.07, 6.45) is 0.473. The Labute approximate surface area is 98.7 Å². The molecule has 0 saturated carbocycles. The molecule has 0 fully saturated rings. The smallest absolute Gasteiger partial charge is 0.168 e. The predicted octanol–water partition coefficient (Wildman–Crippen LogP) is 3.06. The minimum Gasteiger partial charge on any atom is -0.399 e. The predicted molar refractivity (Wildman–Crippen MR) is 67.9 cm³/mol. The summed E-state index contributed by atoms with van der Waals surface area (Å²) in [5.41, 5.74) is 8.14. The lowest BCUT2D eigenvalue weighted by molar-refractivity contribution is 0.0994. The van der Waals surface area contributed by atoms with Gasteiger partial charge in [-0.15, -0.1) is 11.3 Å². The lowest BCUT2D eigenvalue weighted by atomic mass is 10.0. The van der Waals surface area contributed by atoms with Gasteiger partial charge in [0.15, 0.2) is 5.78 Å². The summed E-state index contributed by atoms with van der Waals surface area (Å²) in [6, 6.07) is 9.37. The molecule has 0 spiro atoms. The molecule has 0 aliphatic carbocycles. The molecule has 3 heteroatoms. The van der Waals surface area contributed by atoms with Gasteiger partial charge in [0.1, 0.15) is 0 Å². The number of nitrogens with two attached hydrogens (primary N) is 1. The number of Topliss-reactive ketones (excluding diaryl/α,β-unsaturated/α-hetero) is 1. The van der Waals surface area contributed by atoms with Crippen LogP contribution in [0.2, 0.25) is 0 Å². The largest absolute Gasteiger partial charge is 0.399 e. The molecule has 0 aliphatic rings. The van der Waals surface area contributed by atoms with Crippen molar-refractivity contribution in [2.75, 3.05) is 5.73 Å². The second-order valence-corrected chi connectivity index (χ2v) is 4.78. The Morgan fingerprint density at radius 3 is 2.81 bits per heavy atom. The van der Waals surface area contributed by atoms with Crippen LogP contribution in [-0.4, -0.2) is 5.78 Å². The first-order chi connectivity index (χ1) is 7.66. The van der Waals surface area contributed by atoms with E-state index in [9.17, 15) is 4.79 Å². The van der Waals surface area contributed by atoms with Crippen molar-refractivity contribution < 1.29 is 4.79 Å². The number of carbonyl (C=O) groups excluding carboxylic acids is 1. The van der Waals surface area contributed by atoms with Crippen LogP contribution in [0, 0.1) is 6.92 Å². The first-order valence-electron chi connectivity index (χ1n) is 5.08. The summed E-state index contributed by atoms with van der Waals surface area (Å²) >= 11 is 1.61. The van der Waals surface area contributed by atoms with E-state index in [1.807, 2.05) is 30.5 Å². The number of nitrogen functional groups attached to an aromatic ring is 1. The van der Waals surface area contributed by atoms with Crippen molar-refractivity contribution in [2.24, 2.45) is 0 Å². The van der Waals surface area contributed by atoms with Gasteiger partial charge < -0.3 is 5.73 Å². The minimum absolute atomic E-state index is 0.144. The van der Waals surface area contributed by atoms with Crippen molar-refractivity contribution in [3.8, 4) is 0 Å². The third kappa shape index (κ3) is 2.31. The number of ketones is 1. The number of hydrogen-bond acceptors (Lipinski definition) is 3. The number of aryl methyl sites for hydroxylation is 1. The van der Waals surface area contributed by atoms with Crippen molar-refractivity contribution in [3.05, 3.63) is 51.7 Å². The standard InChI is InChI=1S/C13H13NOS/c1-9-7-10(4-5-12(9)14)13(15)8-11-3-2-6-16-11/h2-7H,8,14H2,1H3. The Balaban J connectivity index is 2.18. The van der Waals surface area contributed by atoms with Gasteiger partial charge in [-0.3, -0.25) is 4.79 Å². The van der Waals surface area contributed by atoms with E-state index < -0.39 is 0 Å². The van der Waals surface area contributed by atoms with Crippen molar-refractivity contribution >= 4 is 22.8 Å². The third-order valence-electron chi connectivity index (χ3n) is 2.51. The monoisotopic (exact) mass is 231 g/mol. The fourth-order valence-corrected chi connectivity index (χ4v) is 2.23. The minimum atomic E-state index is 0.144. The quantitative estimate of drug-likeness (QED) is 0.651.